The van der Waals surface area contributed by atoms with Gasteiger partial charge in [-0.1, -0.05) is 11.6 Å². The Morgan fingerprint density at radius 3 is 2.47 bits per heavy atom. The highest BCUT2D eigenvalue weighted by molar-refractivity contribution is 6.30. The van der Waals surface area contributed by atoms with Gasteiger partial charge in [0.1, 0.15) is 17.2 Å². The fraction of sp³-hybridized carbons (Fsp3) is 0.143. The smallest absolute Gasteiger partial charge is 0.271 e. The molecule has 0 unspecified atom stereocenters. The van der Waals surface area contributed by atoms with Crippen molar-refractivity contribution in [2.24, 2.45) is 5.10 Å². The Labute approximate surface area is 116 Å². The number of rotatable bonds is 3. The van der Waals surface area contributed by atoms with Gasteiger partial charge in [0.25, 0.3) is 5.91 Å². The third-order valence-corrected chi connectivity index (χ3v) is 2.78. The second-order valence-electron chi connectivity index (χ2n) is 4.06. The lowest BCUT2D eigenvalue weighted by atomic mass is 10.2. The molecular formula is C14H13ClN2O2. The van der Waals surface area contributed by atoms with Crippen molar-refractivity contribution >= 4 is 23.2 Å². The number of carbonyl (C=O) groups is 1. The normalized spacial score (nSPS) is 11.4. The first-order valence-electron chi connectivity index (χ1n) is 5.73. The van der Waals surface area contributed by atoms with Crippen LogP contribution in [-0.4, -0.2) is 11.6 Å². The zero-order chi connectivity index (χ0) is 13.8. The molecule has 0 aliphatic carbocycles. The van der Waals surface area contributed by atoms with Crippen LogP contribution in [0.15, 0.2) is 45.9 Å². The van der Waals surface area contributed by atoms with Gasteiger partial charge in [-0.25, -0.2) is 5.43 Å². The van der Waals surface area contributed by atoms with Crippen LogP contribution in [0.2, 0.25) is 5.02 Å². The van der Waals surface area contributed by atoms with Crippen molar-refractivity contribution in [3.8, 4) is 0 Å². The van der Waals surface area contributed by atoms with Crippen molar-refractivity contribution < 1.29 is 9.21 Å². The topological polar surface area (TPSA) is 54.6 Å². The van der Waals surface area contributed by atoms with E-state index in [2.05, 4.69) is 10.5 Å². The van der Waals surface area contributed by atoms with Crippen molar-refractivity contribution in [2.75, 3.05) is 0 Å². The van der Waals surface area contributed by atoms with Crippen LogP contribution >= 0.6 is 11.6 Å². The van der Waals surface area contributed by atoms with Crippen LogP contribution < -0.4 is 5.43 Å². The summed E-state index contributed by atoms with van der Waals surface area (Å²) in [4.78, 5) is 11.8. The van der Waals surface area contributed by atoms with E-state index in [1.54, 1.807) is 31.2 Å². The molecular weight excluding hydrogens is 264 g/mol. The van der Waals surface area contributed by atoms with Crippen LogP contribution in [0.3, 0.4) is 0 Å². The van der Waals surface area contributed by atoms with Gasteiger partial charge in [-0.15, -0.1) is 0 Å². The number of halogens is 1. The van der Waals surface area contributed by atoms with E-state index in [1.165, 1.54) is 0 Å². The molecule has 0 aliphatic heterocycles. The van der Waals surface area contributed by atoms with Crippen molar-refractivity contribution in [1.29, 1.82) is 0 Å². The maximum absolute atomic E-state index is 11.8. The van der Waals surface area contributed by atoms with Crippen molar-refractivity contribution in [3.63, 3.8) is 0 Å². The fourth-order valence-electron chi connectivity index (χ4n) is 1.48. The third-order valence-electron chi connectivity index (χ3n) is 2.53. The molecule has 0 saturated heterocycles. The minimum Gasteiger partial charge on any atom is -0.460 e. The lowest BCUT2D eigenvalue weighted by Crippen LogP contribution is -2.19. The predicted octanol–water partition coefficient (Wildman–Crippen LogP) is 3.40. The number of nitrogens with zero attached hydrogens (tertiary/aromatic N) is 1. The van der Waals surface area contributed by atoms with E-state index in [0.717, 1.165) is 5.76 Å². The van der Waals surface area contributed by atoms with Gasteiger partial charge in [0, 0.05) is 10.6 Å². The van der Waals surface area contributed by atoms with Gasteiger partial charge in [0.15, 0.2) is 0 Å². The molecule has 0 aliphatic rings. The zero-order valence-corrected chi connectivity index (χ0v) is 11.4. The van der Waals surface area contributed by atoms with Crippen LogP contribution in [0.25, 0.3) is 0 Å². The molecule has 4 nitrogen and oxygen atoms in total. The summed E-state index contributed by atoms with van der Waals surface area (Å²) in [6, 6.07) is 10.2. The number of benzene rings is 1. The van der Waals surface area contributed by atoms with E-state index in [-0.39, 0.29) is 5.91 Å². The largest absolute Gasteiger partial charge is 0.460 e. The summed E-state index contributed by atoms with van der Waals surface area (Å²) in [6.07, 6.45) is 0. The molecule has 1 aromatic carbocycles. The summed E-state index contributed by atoms with van der Waals surface area (Å²) >= 11 is 5.75. The maximum Gasteiger partial charge on any atom is 0.271 e. The first kappa shape index (κ1) is 13.4. The summed E-state index contributed by atoms with van der Waals surface area (Å²) < 4.78 is 5.40. The van der Waals surface area contributed by atoms with Crippen LogP contribution in [0.5, 0.6) is 0 Å². The first-order chi connectivity index (χ1) is 9.06. The molecule has 0 fully saturated rings. The molecule has 5 heteroatoms. The van der Waals surface area contributed by atoms with E-state index < -0.39 is 0 Å². The summed E-state index contributed by atoms with van der Waals surface area (Å²) in [5, 5.41) is 4.58. The Morgan fingerprint density at radius 2 is 1.89 bits per heavy atom. The van der Waals surface area contributed by atoms with E-state index >= 15 is 0 Å². The van der Waals surface area contributed by atoms with Gasteiger partial charge in [0.05, 0.1) is 0 Å². The van der Waals surface area contributed by atoms with E-state index in [1.807, 2.05) is 19.1 Å². The number of hydrogen-bond acceptors (Lipinski definition) is 3. The van der Waals surface area contributed by atoms with Crippen LogP contribution in [0.4, 0.5) is 0 Å². The Bertz CT molecular complexity index is 615. The molecule has 1 amide bonds. The van der Waals surface area contributed by atoms with Gasteiger partial charge in [-0.05, 0) is 50.2 Å². The third kappa shape index (κ3) is 3.45. The number of hydrogen-bond donors (Lipinski definition) is 1. The van der Waals surface area contributed by atoms with Crippen molar-refractivity contribution in [3.05, 3.63) is 58.5 Å². The Balaban J connectivity index is 2.05. The molecule has 19 heavy (non-hydrogen) atoms. The number of carbonyl (C=O) groups excluding carboxylic acids is 1. The first-order valence-corrected chi connectivity index (χ1v) is 6.11. The van der Waals surface area contributed by atoms with Crippen LogP contribution in [-0.2, 0) is 0 Å². The van der Waals surface area contributed by atoms with Gasteiger partial charge < -0.3 is 4.42 Å². The number of amides is 1. The average molecular weight is 277 g/mol. The zero-order valence-electron chi connectivity index (χ0n) is 10.6. The highest BCUT2D eigenvalue weighted by atomic mass is 35.5. The molecule has 0 atom stereocenters. The molecule has 1 N–H and O–H groups in total. The molecule has 0 saturated carbocycles. The molecule has 2 rings (SSSR count). The summed E-state index contributed by atoms with van der Waals surface area (Å²) in [6.45, 7) is 3.61. The summed E-state index contributed by atoms with van der Waals surface area (Å²) in [5.74, 6) is 1.14. The predicted molar refractivity (Wildman–Crippen MR) is 74.6 cm³/mol. The number of furan rings is 1. The molecule has 0 radical (unpaired) electrons. The minimum atomic E-state index is -0.292. The van der Waals surface area contributed by atoms with Gasteiger partial charge >= 0.3 is 0 Å². The molecule has 1 heterocycles. The molecule has 2 aromatic rings. The lowest BCUT2D eigenvalue weighted by Gasteiger charge is -2.01. The lowest BCUT2D eigenvalue weighted by molar-refractivity contribution is 0.0955. The SMILES string of the molecule is C/C(=N\NC(=O)c1ccc(Cl)cc1)c1ccc(C)o1. The van der Waals surface area contributed by atoms with E-state index in [0.29, 0.717) is 22.1 Å². The molecule has 0 bridgehead atoms. The highest BCUT2D eigenvalue weighted by Crippen LogP contribution is 2.10. The van der Waals surface area contributed by atoms with E-state index in [9.17, 15) is 4.79 Å². The Morgan fingerprint density at radius 1 is 1.21 bits per heavy atom. The summed E-state index contributed by atoms with van der Waals surface area (Å²) in [5.41, 5.74) is 3.58. The Kier molecular flexibility index (Phi) is 4.02. The molecule has 0 spiro atoms. The highest BCUT2D eigenvalue weighted by Gasteiger charge is 2.06. The fourth-order valence-corrected chi connectivity index (χ4v) is 1.61. The monoisotopic (exact) mass is 276 g/mol. The minimum absolute atomic E-state index is 0.292. The standard InChI is InChI=1S/C14H13ClN2O2/c1-9-3-8-13(19-9)10(2)16-17-14(18)11-4-6-12(15)7-5-11/h3-8H,1-2H3,(H,17,18)/b16-10+. The quantitative estimate of drug-likeness (QED) is 0.690. The Hall–Kier alpha value is -2.07. The number of aryl methyl sites for hydroxylation is 1. The van der Waals surface area contributed by atoms with Gasteiger partial charge in [-0.2, -0.15) is 5.10 Å². The van der Waals surface area contributed by atoms with Crippen LogP contribution in [0.1, 0.15) is 28.8 Å². The second kappa shape index (κ2) is 5.71. The maximum atomic E-state index is 11.8. The number of hydrazone groups is 1. The van der Waals surface area contributed by atoms with Crippen molar-refractivity contribution in [2.45, 2.75) is 13.8 Å². The number of nitrogens with one attached hydrogen (secondary N) is 1. The molecule has 1 aromatic heterocycles. The van der Waals surface area contributed by atoms with Crippen molar-refractivity contribution in [1.82, 2.24) is 5.43 Å². The van der Waals surface area contributed by atoms with Crippen LogP contribution in [0, 0.1) is 6.92 Å². The molecule has 98 valence electrons. The van der Waals surface area contributed by atoms with E-state index in [4.69, 9.17) is 16.0 Å². The average Bonchev–Trinajstić information content (AvgIpc) is 2.83. The van der Waals surface area contributed by atoms with Gasteiger partial charge in [0.2, 0.25) is 0 Å². The second-order valence-corrected chi connectivity index (χ2v) is 4.49. The summed E-state index contributed by atoms with van der Waals surface area (Å²) in [7, 11) is 0. The van der Waals surface area contributed by atoms with Gasteiger partial charge in [-0.3, -0.25) is 4.79 Å².